The Balaban J connectivity index is 0.000000156. The number of aromatic nitrogens is 2. The van der Waals surface area contributed by atoms with Crippen molar-refractivity contribution in [1.82, 2.24) is 9.97 Å². The van der Waals surface area contributed by atoms with Crippen LogP contribution in [0, 0.1) is 0 Å². The fourth-order valence-electron chi connectivity index (χ4n) is 2.18. The van der Waals surface area contributed by atoms with Crippen molar-refractivity contribution in [2.75, 3.05) is 0 Å². The first-order chi connectivity index (χ1) is 12.2. The van der Waals surface area contributed by atoms with Crippen LogP contribution >= 0.6 is 0 Å². The van der Waals surface area contributed by atoms with E-state index in [2.05, 4.69) is 9.97 Å². The van der Waals surface area contributed by atoms with E-state index in [0.29, 0.717) is 11.0 Å². The number of benzene rings is 2. The minimum atomic E-state index is -2.25. The van der Waals surface area contributed by atoms with Crippen LogP contribution in [0.1, 0.15) is 0 Å². The van der Waals surface area contributed by atoms with Crippen LogP contribution in [0.3, 0.4) is 0 Å². The monoisotopic (exact) mass is 506 g/mol. The van der Waals surface area contributed by atoms with Gasteiger partial charge in [0, 0.05) is 23.2 Å². The van der Waals surface area contributed by atoms with E-state index in [1.807, 2.05) is 36.4 Å². The number of fused-ring (bicyclic) bond motifs is 2. The normalized spacial score (nSPS) is 9.44. The number of hydrogen-bond acceptors (Lipinski definition) is 6. The third kappa shape index (κ3) is 5.06. The van der Waals surface area contributed by atoms with Gasteiger partial charge in [-0.05, 0) is 24.3 Å². The van der Waals surface area contributed by atoms with E-state index in [4.69, 9.17) is 6.80 Å². The van der Waals surface area contributed by atoms with Gasteiger partial charge in [0.2, 0.25) is 0 Å². The van der Waals surface area contributed by atoms with Crippen molar-refractivity contribution in [3.05, 3.63) is 73.1 Å². The molecule has 0 amide bonds. The summed E-state index contributed by atoms with van der Waals surface area (Å²) in [5.74, 6) is 0.478. The third-order valence-electron chi connectivity index (χ3n) is 3.22. The topological polar surface area (TPSA) is 100 Å². The predicted molar refractivity (Wildman–Crippen MR) is 88.2 cm³/mol. The van der Waals surface area contributed by atoms with E-state index in [1.54, 1.807) is 36.7 Å². The first kappa shape index (κ1) is 18.5. The zero-order valence-electron chi connectivity index (χ0n) is 12.9. The van der Waals surface area contributed by atoms with Gasteiger partial charge in [-0.3, -0.25) is 9.97 Å². The number of pyridine rings is 2. The molecular weight excluding hydrogens is 492 g/mol. The molecule has 2 aromatic carbocycles. The molecule has 0 atom stereocenters. The Morgan fingerprint density at radius 1 is 0.640 bits per heavy atom. The number of nitrogens with zero attached hydrogens (tertiary/aromatic N) is 2. The van der Waals surface area contributed by atoms with Crippen molar-refractivity contribution < 1.29 is 35.5 Å². The second-order valence-electron chi connectivity index (χ2n) is 4.77. The third-order valence-corrected chi connectivity index (χ3v) is 3.22. The molecule has 0 bridgehead atoms. The molecule has 4 aromatic rings. The number of phenols is 2. The van der Waals surface area contributed by atoms with E-state index in [-0.39, 0.29) is 11.5 Å². The molecule has 7 heteroatoms. The van der Waals surface area contributed by atoms with E-state index in [0.717, 1.165) is 10.8 Å². The van der Waals surface area contributed by atoms with Gasteiger partial charge in [0.1, 0.15) is 22.5 Å². The van der Waals surface area contributed by atoms with Crippen molar-refractivity contribution in [3.8, 4) is 11.5 Å². The summed E-state index contributed by atoms with van der Waals surface area (Å²) >= 11 is -2.25. The van der Waals surface area contributed by atoms with Gasteiger partial charge in [-0.2, -0.15) is 0 Å². The molecule has 2 aromatic heterocycles. The number of hydrogen-bond donors (Lipinski definition) is 2. The Labute approximate surface area is 152 Å². The molecule has 2 heterocycles. The van der Waals surface area contributed by atoms with Crippen molar-refractivity contribution in [2.45, 2.75) is 0 Å². The molecule has 25 heavy (non-hydrogen) atoms. The molecule has 6 nitrogen and oxygen atoms in total. The van der Waals surface area contributed by atoms with Crippen molar-refractivity contribution >= 4 is 21.8 Å². The Bertz CT molecular complexity index is 930. The van der Waals surface area contributed by atoms with E-state index in [1.165, 1.54) is 0 Å². The average Bonchev–Trinajstić information content (AvgIpc) is 2.64. The van der Waals surface area contributed by atoms with Crippen LogP contribution < -0.4 is 0 Å². The molecule has 0 saturated carbocycles. The zero-order valence-corrected chi connectivity index (χ0v) is 15.9. The number of para-hydroxylation sites is 2. The fraction of sp³-hybridized carbons (Fsp3) is 0. The van der Waals surface area contributed by atoms with Gasteiger partial charge in [-0.25, -0.2) is 0 Å². The Morgan fingerprint density at radius 3 is 1.36 bits per heavy atom. The summed E-state index contributed by atoms with van der Waals surface area (Å²) < 4.78 is 17.1. The molecule has 0 aliphatic heterocycles. The Morgan fingerprint density at radius 2 is 1.00 bits per heavy atom. The summed E-state index contributed by atoms with van der Waals surface area (Å²) in [4.78, 5) is 8.06. The van der Waals surface area contributed by atoms with Gasteiger partial charge in [0.25, 0.3) is 0 Å². The van der Waals surface area contributed by atoms with Gasteiger partial charge in [0.05, 0.1) is 0 Å². The quantitative estimate of drug-likeness (QED) is 0.378. The van der Waals surface area contributed by atoms with Crippen molar-refractivity contribution in [3.63, 3.8) is 0 Å². The van der Waals surface area contributed by atoms with Crippen LogP contribution in [0.25, 0.3) is 21.8 Å². The first-order valence-electron chi connectivity index (χ1n) is 7.14. The predicted octanol–water partition coefficient (Wildman–Crippen LogP) is 3.64. The molecular formula is C18H14N2O4W. The van der Waals surface area contributed by atoms with Crippen LogP contribution in [0.15, 0.2) is 73.1 Å². The van der Waals surface area contributed by atoms with Gasteiger partial charge in [0.15, 0.2) is 0 Å². The molecule has 0 aliphatic carbocycles. The Hall–Kier alpha value is -2.85. The minimum absolute atomic E-state index is 0.239. The summed E-state index contributed by atoms with van der Waals surface area (Å²) in [6.45, 7) is 0. The molecule has 0 saturated heterocycles. The number of aromatic hydroxyl groups is 2. The molecule has 4 rings (SSSR count). The summed E-state index contributed by atoms with van der Waals surface area (Å²) in [6.07, 6.45) is 3.34. The van der Waals surface area contributed by atoms with Crippen molar-refractivity contribution in [1.29, 1.82) is 0 Å². The summed E-state index contributed by atoms with van der Waals surface area (Å²) in [7, 11) is 0. The van der Waals surface area contributed by atoms with Crippen LogP contribution in [0.4, 0.5) is 0 Å². The maximum atomic E-state index is 9.31. The average molecular weight is 506 g/mol. The molecule has 0 spiro atoms. The van der Waals surface area contributed by atoms with Crippen molar-refractivity contribution in [2.24, 2.45) is 0 Å². The van der Waals surface area contributed by atoms with Gasteiger partial charge in [-0.1, -0.05) is 36.4 Å². The van der Waals surface area contributed by atoms with Crippen LogP contribution in [-0.4, -0.2) is 20.2 Å². The SMILES string of the molecule is Oc1cccc2cccnc12.Oc1cccc2cccnc12.[O]=[W]=[O]. The van der Waals surface area contributed by atoms with E-state index in [9.17, 15) is 10.2 Å². The molecule has 0 radical (unpaired) electrons. The maximum absolute atomic E-state index is 9.31. The number of rotatable bonds is 0. The van der Waals surface area contributed by atoms with E-state index < -0.39 is 18.5 Å². The zero-order chi connectivity index (χ0) is 18.1. The van der Waals surface area contributed by atoms with Gasteiger partial charge < -0.3 is 10.2 Å². The second-order valence-corrected chi connectivity index (χ2v) is 5.26. The standard InChI is InChI=1S/2C9H7NO.2O.W/c2*11-8-5-1-3-7-4-2-6-10-9(7)8;;;/h2*1-6,11H;;;. The second kappa shape index (κ2) is 9.45. The van der Waals surface area contributed by atoms with Gasteiger partial charge >= 0.3 is 25.3 Å². The first-order valence-corrected chi connectivity index (χ1v) is 9.54. The summed E-state index contributed by atoms with van der Waals surface area (Å²) in [5, 5.41) is 20.5. The van der Waals surface area contributed by atoms with E-state index >= 15 is 0 Å². The van der Waals surface area contributed by atoms with Gasteiger partial charge in [-0.15, -0.1) is 0 Å². The Kier molecular flexibility index (Phi) is 6.98. The molecule has 0 unspecified atom stereocenters. The molecule has 0 fully saturated rings. The molecule has 126 valence electrons. The fourth-order valence-corrected chi connectivity index (χ4v) is 2.18. The number of phenolic OH excluding ortho intramolecular Hbond substituents is 2. The summed E-state index contributed by atoms with van der Waals surface area (Å²) in [6, 6.07) is 18.3. The summed E-state index contributed by atoms with van der Waals surface area (Å²) in [5.41, 5.74) is 1.32. The van der Waals surface area contributed by atoms with Crippen LogP contribution in [0.2, 0.25) is 0 Å². The van der Waals surface area contributed by atoms with Crippen LogP contribution in [-0.2, 0) is 25.3 Å². The molecule has 2 N–H and O–H groups in total. The van der Waals surface area contributed by atoms with Crippen LogP contribution in [0.5, 0.6) is 11.5 Å². The molecule has 0 aliphatic rings.